The highest BCUT2D eigenvalue weighted by molar-refractivity contribution is 4.77. The monoisotopic (exact) mass is 215 g/mol. The molecule has 0 aromatic heterocycles. The van der Waals surface area contributed by atoms with Crippen molar-refractivity contribution in [2.24, 2.45) is 5.92 Å². The molecule has 0 aliphatic rings. The summed E-state index contributed by atoms with van der Waals surface area (Å²) >= 11 is 0. The first-order valence-electron chi connectivity index (χ1n) is 6.45. The lowest BCUT2D eigenvalue weighted by Crippen LogP contribution is -2.39. The second-order valence-corrected chi connectivity index (χ2v) is 4.42. The van der Waals surface area contributed by atoms with Gasteiger partial charge >= 0.3 is 0 Å². The number of nitrogens with one attached hydrogen (secondary N) is 1. The Labute approximate surface area is 95.8 Å². The van der Waals surface area contributed by atoms with E-state index in [0.29, 0.717) is 12.1 Å². The van der Waals surface area contributed by atoms with Gasteiger partial charge in [0.1, 0.15) is 0 Å². The van der Waals surface area contributed by atoms with Crippen LogP contribution in [-0.2, 0) is 4.74 Å². The van der Waals surface area contributed by atoms with Gasteiger partial charge in [0, 0.05) is 13.2 Å². The molecular weight excluding hydrogens is 186 g/mol. The van der Waals surface area contributed by atoms with Crippen molar-refractivity contribution in [2.45, 2.75) is 65.5 Å². The van der Waals surface area contributed by atoms with Gasteiger partial charge in [-0.1, -0.05) is 33.6 Å². The molecule has 2 nitrogen and oxygen atoms in total. The molecule has 0 rings (SSSR count). The zero-order valence-electron chi connectivity index (χ0n) is 11.2. The van der Waals surface area contributed by atoms with E-state index in [2.05, 4.69) is 33.0 Å². The second kappa shape index (κ2) is 9.17. The maximum Gasteiger partial charge on any atom is 0.0558 e. The third-order valence-corrected chi connectivity index (χ3v) is 3.26. The molecular formula is C13H29NO. The first kappa shape index (κ1) is 14.9. The lowest BCUT2D eigenvalue weighted by Gasteiger charge is -2.28. The van der Waals surface area contributed by atoms with Crippen LogP contribution in [0.4, 0.5) is 0 Å². The Bertz CT molecular complexity index is 134. The first-order chi connectivity index (χ1) is 7.19. The fourth-order valence-electron chi connectivity index (χ4n) is 2.08. The van der Waals surface area contributed by atoms with Crippen LogP contribution in [-0.4, -0.2) is 25.8 Å². The zero-order chi connectivity index (χ0) is 11.7. The van der Waals surface area contributed by atoms with Crippen LogP contribution in [0.25, 0.3) is 0 Å². The smallest absolute Gasteiger partial charge is 0.0558 e. The van der Waals surface area contributed by atoms with Crippen molar-refractivity contribution < 1.29 is 4.74 Å². The van der Waals surface area contributed by atoms with Crippen LogP contribution in [0.3, 0.4) is 0 Å². The van der Waals surface area contributed by atoms with Crippen molar-refractivity contribution in [3.8, 4) is 0 Å². The largest absolute Gasteiger partial charge is 0.382 e. The Balaban J connectivity index is 4.14. The van der Waals surface area contributed by atoms with Crippen molar-refractivity contribution in [1.29, 1.82) is 0 Å². The SMILES string of the molecule is CCCNC(CC(C)OC)C(CC)CC. The van der Waals surface area contributed by atoms with Crippen molar-refractivity contribution in [2.75, 3.05) is 13.7 Å². The maximum absolute atomic E-state index is 5.36. The van der Waals surface area contributed by atoms with E-state index in [-0.39, 0.29) is 0 Å². The second-order valence-electron chi connectivity index (χ2n) is 4.42. The Hall–Kier alpha value is -0.0800. The molecule has 2 heteroatoms. The Morgan fingerprint density at radius 3 is 2.13 bits per heavy atom. The molecule has 2 unspecified atom stereocenters. The molecule has 15 heavy (non-hydrogen) atoms. The highest BCUT2D eigenvalue weighted by Crippen LogP contribution is 2.18. The summed E-state index contributed by atoms with van der Waals surface area (Å²) in [5.41, 5.74) is 0. The average Bonchev–Trinajstić information content (AvgIpc) is 2.26. The van der Waals surface area contributed by atoms with Gasteiger partial charge < -0.3 is 10.1 Å². The summed E-state index contributed by atoms with van der Waals surface area (Å²) in [5.74, 6) is 0.786. The van der Waals surface area contributed by atoms with Crippen LogP contribution in [0.5, 0.6) is 0 Å². The molecule has 0 saturated carbocycles. The fourth-order valence-corrected chi connectivity index (χ4v) is 2.08. The Morgan fingerprint density at radius 2 is 1.73 bits per heavy atom. The van der Waals surface area contributed by atoms with Gasteiger partial charge in [0.05, 0.1) is 6.10 Å². The molecule has 0 amide bonds. The quantitative estimate of drug-likeness (QED) is 0.637. The van der Waals surface area contributed by atoms with Crippen molar-refractivity contribution in [3.05, 3.63) is 0 Å². The normalized spacial score (nSPS) is 15.6. The molecule has 0 aromatic carbocycles. The van der Waals surface area contributed by atoms with Crippen LogP contribution in [0.15, 0.2) is 0 Å². The lowest BCUT2D eigenvalue weighted by atomic mass is 9.90. The van der Waals surface area contributed by atoms with E-state index in [0.717, 1.165) is 18.9 Å². The van der Waals surface area contributed by atoms with Gasteiger partial charge in [-0.2, -0.15) is 0 Å². The summed E-state index contributed by atoms with van der Waals surface area (Å²) in [5, 5.41) is 3.66. The Morgan fingerprint density at radius 1 is 1.13 bits per heavy atom. The molecule has 0 saturated heterocycles. The third-order valence-electron chi connectivity index (χ3n) is 3.26. The number of rotatable bonds is 9. The Kier molecular flexibility index (Phi) is 9.12. The van der Waals surface area contributed by atoms with E-state index in [9.17, 15) is 0 Å². The summed E-state index contributed by atoms with van der Waals surface area (Å²) in [4.78, 5) is 0. The molecule has 0 heterocycles. The van der Waals surface area contributed by atoms with Crippen LogP contribution in [0.2, 0.25) is 0 Å². The van der Waals surface area contributed by atoms with Crippen molar-refractivity contribution in [1.82, 2.24) is 5.32 Å². The predicted molar refractivity (Wildman–Crippen MR) is 67.2 cm³/mol. The minimum atomic E-state index is 0.361. The van der Waals surface area contributed by atoms with E-state index in [1.54, 1.807) is 7.11 Å². The van der Waals surface area contributed by atoms with Crippen molar-refractivity contribution in [3.63, 3.8) is 0 Å². The molecule has 0 radical (unpaired) electrons. The maximum atomic E-state index is 5.36. The summed E-state index contributed by atoms with van der Waals surface area (Å²) < 4.78 is 5.36. The predicted octanol–water partition coefficient (Wildman–Crippen LogP) is 3.22. The fraction of sp³-hybridized carbons (Fsp3) is 1.00. The topological polar surface area (TPSA) is 21.3 Å². The molecule has 0 bridgehead atoms. The summed E-state index contributed by atoms with van der Waals surface area (Å²) in [7, 11) is 1.80. The molecule has 0 spiro atoms. The minimum absolute atomic E-state index is 0.361. The first-order valence-corrected chi connectivity index (χ1v) is 6.45. The van der Waals surface area contributed by atoms with Gasteiger partial charge in [-0.05, 0) is 32.2 Å². The van der Waals surface area contributed by atoms with Gasteiger partial charge in [0.15, 0.2) is 0 Å². The van der Waals surface area contributed by atoms with Crippen LogP contribution >= 0.6 is 0 Å². The minimum Gasteiger partial charge on any atom is -0.382 e. The summed E-state index contributed by atoms with van der Waals surface area (Å²) in [6.07, 6.45) is 5.21. The van der Waals surface area contributed by atoms with Gasteiger partial charge in [-0.3, -0.25) is 0 Å². The standard InChI is InChI=1S/C13H29NO/c1-6-9-14-13(10-11(4)15-5)12(7-2)8-3/h11-14H,6-10H2,1-5H3. The molecule has 0 aliphatic heterocycles. The third kappa shape index (κ3) is 6.16. The number of ether oxygens (including phenoxy) is 1. The van der Waals surface area contributed by atoms with E-state index < -0.39 is 0 Å². The molecule has 1 N–H and O–H groups in total. The lowest BCUT2D eigenvalue weighted by molar-refractivity contribution is 0.0908. The number of methoxy groups -OCH3 is 1. The number of hydrogen-bond donors (Lipinski definition) is 1. The highest BCUT2D eigenvalue weighted by atomic mass is 16.5. The van der Waals surface area contributed by atoms with E-state index in [1.165, 1.54) is 19.3 Å². The van der Waals surface area contributed by atoms with Crippen LogP contribution < -0.4 is 5.32 Å². The molecule has 0 aliphatic carbocycles. The zero-order valence-corrected chi connectivity index (χ0v) is 11.2. The number of hydrogen-bond acceptors (Lipinski definition) is 2. The highest BCUT2D eigenvalue weighted by Gasteiger charge is 2.19. The summed E-state index contributed by atoms with van der Waals surface area (Å²) in [6, 6.07) is 0.620. The molecule has 2 atom stereocenters. The van der Waals surface area contributed by atoms with Crippen molar-refractivity contribution >= 4 is 0 Å². The van der Waals surface area contributed by atoms with Crippen LogP contribution in [0.1, 0.15) is 53.4 Å². The van der Waals surface area contributed by atoms with E-state index in [1.807, 2.05) is 0 Å². The van der Waals surface area contributed by atoms with Gasteiger partial charge in [-0.25, -0.2) is 0 Å². The van der Waals surface area contributed by atoms with Crippen LogP contribution in [0, 0.1) is 5.92 Å². The molecule has 92 valence electrons. The van der Waals surface area contributed by atoms with Gasteiger partial charge in [-0.15, -0.1) is 0 Å². The average molecular weight is 215 g/mol. The van der Waals surface area contributed by atoms with Gasteiger partial charge in [0.25, 0.3) is 0 Å². The van der Waals surface area contributed by atoms with E-state index >= 15 is 0 Å². The van der Waals surface area contributed by atoms with Gasteiger partial charge in [0.2, 0.25) is 0 Å². The molecule has 0 fully saturated rings. The summed E-state index contributed by atoms with van der Waals surface area (Å²) in [6.45, 7) is 10.1. The molecule has 0 aromatic rings. The van der Waals surface area contributed by atoms with E-state index in [4.69, 9.17) is 4.74 Å².